The van der Waals surface area contributed by atoms with Crippen LogP contribution in [0.25, 0.3) is 0 Å². The first kappa shape index (κ1) is 24.6. The summed E-state index contributed by atoms with van der Waals surface area (Å²) in [6.07, 6.45) is 3.88. The lowest BCUT2D eigenvalue weighted by Crippen LogP contribution is -2.17. The Hall–Kier alpha value is -2.56. The van der Waals surface area contributed by atoms with Gasteiger partial charge >= 0.3 is 5.97 Å². The Morgan fingerprint density at radius 3 is 2.82 bits per heavy atom. The lowest BCUT2D eigenvalue weighted by molar-refractivity contribution is -0.113. The minimum absolute atomic E-state index is 0.131. The van der Waals surface area contributed by atoms with Crippen molar-refractivity contribution >= 4 is 51.6 Å². The first-order valence-electron chi connectivity index (χ1n) is 10.8. The van der Waals surface area contributed by atoms with Gasteiger partial charge in [0.05, 0.1) is 18.4 Å². The minimum Gasteiger partial charge on any atom is -0.486 e. The van der Waals surface area contributed by atoms with E-state index in [1.165, 1.54) is 30.2 Å². The van der Waals surface area contributed by atoms with Crippen LogP contribution in [-0.2, 0) is 36.0 Å². The number of halogens is 1. The van der Waals surface area contributed by atoms with E-state index in [0.29, 0.717) is 32.3 Å². The molecule has 1 N–H and O–H groups in total. The molecule has 1 aliphatic rings. The highest BCUT2D eigenvalue weighted by Crippen LogP contribution is 2.38. The fraction of sp³-hybridized carbons (Fsp3) is 0.391. The highest BCUT2D eigenvalue weighted by Gasteiger charge is 2.27. The van der Waals surface area contributed by atoms with Crippen molar-refractivity contribution in [2.75, 3.05) is 18.2 Å². The molecule has 0 unspecified atom stereocenters. The predicted molar refractivity (Wildman–Crippen MR) is 133 cm³/mol. The zero-order valence-electron chi connectivity index (χ0n) is 19.1. The zero-order valence-corrected chi connectivity index (χ0v) is 21.5. The molecule has 1 aliphatic carbocycles. The maximum atomic E-state index is 12.7. The zero-order chi connectivity index (χ0) is 24.2. The van der Waals surface area contributed by atoms with E-state index >= 15 is 0 Å². The molecule has 180 valence electrons. The second kappa shape index (κ2) is 10.8. The number of rotatable bonds is 8. The van der Waals surface area contributed by atoms with Gasteiger partial charge in [-0.3, -0.25) is 4.79 Å². The van der Waals surface area contributed by atoms with Gasteiger partial charge in [-0.1, -0.05) is 23.4 Å². The number of thioether (sulfide) groups is 1. The molecular weight excluding hydrogens is 496 g/mol. The average molecular weight is 521 g/mol. The summed E-state index contributed by atoms with van der Waals surface area (Å²) in [5.41, 5.74) is 2.44. The number of amides is 1. The van der Waals surface area contributed by atoms with Crippen molar-refractivity contribution in [2.24, 2.45) is 7.05 Å². The molecule has 2 heterocycles. The van der Waals surface area contributed by atoms with Gasteiger partial charge in [0, 0.05) is 16.9 Å². The monoisotopic (exact) mass is 520 g/mol. The van der Waals surface area contributed by atoms with Gasteiger partial charge in [-0.05, 0) is 61.9 Å². The third-order valence-electron chi connectivity index (χ3n) is 5.57. The van der Waals surface area contributed by atoms with E-state index in [4.69, 9.17) is 21.1 Å². The van der Waals surface area contributed by atoms with Crippen LogP contribution in [0.2, 0.25) is 5.02 Å². The largest absolute Gasteiger partial charge is 0.486 e. The first-order valence-corrected chi connectivity index (χ1v) is 13.0. The van der Waals surface area contributed by atoms with Crippen molar-refractivity contribution < 1.29 is 19.1 Å². The summed E-state index contributed by atoms with van der Waals surface area (Å²) in [7, 11) is 3.19. The Labute approximate surface area is 211 Å². The topological polar surface area (TPSA) is 95.3 Å². The normalized spacial score (nSPS) is 12.8. The Morgan fingerprint density at radius 2 is 2.06 bits per heavy atom. The summed E-state index contributed by atoms with van der Waals surface area (Å²) < 4.78 is 12.6. The molecule has 34 heavy (non-hydrogen) atoms. The van der Waals surface area contributed by atoms with Crippen molar-refractivity contribution in [3.05, 3.63) is 50.6 Å². The molecule has 0 saturated carbocycles. The molecule has 0 saturated heterocycles. The number of benzene rings is 1. The minimum atomic E-state index is -0.406. The number of hydrogen-bond donors (Lipinski definition) is 1. The Bertz CT molecular complexity index is 1220. The van der Waals surface area contributed by atoms with Gasteiger partial charge in [0.15, 0.2) is 11.0 Å². The van der Waals surface area contributed by atoms with Crippen LogP contribution in [-0.4, -0.2) is 39.5 Å². The number of aryl methyl sites for hydroxylation is 2. The highest BCUT2D eigenvalue weighted by molar-refractivity contribution is 7.99. The number of aromatic nitrogens is 3. The summed E-state index contributed by atoms with van der Waals surface area (Å²) in [4.78, 5) is 26.2. The summed E-state index contributed by atoms with van der Waals surface area (Å²) in [6, 6.07) is 5.46. The third kappa shape index (κ3) is 5.39. The molecule has 0 aliphatic heterocycles. The number of carbonyl (C=O) groups is 2. The molecule has 0 bridgehead atoms. The maximum absolute atomic E-state index is 12.7. The van der Waals surface area contributed by atoms with Gasteiger partial charge in [-0.25, -0.2) is 4.79 Å². The predicted octanol–water partition coefficient (Wildman–Crippen LogP) is 4.81. The molecule has 8 nitrogen and oxygen atoms in total. The third-order valence-corrected chi connectivity index (χ3v) is 8.22. The average Bonchev–Trinajstić information content (AvgIpc) is 3.37. The lowest BCUT2D eigenvalue weighted by atomic mass is 9.95. The highest BCUT2D eigenvalue weighted by atomic mass is 35.5. The van der Waals surface area contributed by atoms with Crippen molar-refractivity contribution in [1.82, 2.24) is 14.8 Å². The lowest BCUT2D eigenvalue weighted by Gasteiger charge is -2.11. The number of hydrogen-bond acceptors (Lipinski definition) is 8. The molecule has 1 amide bonds. The summed E-state index contributed by atoms with van der Waals surface area (Å²) in [5.74, 6) is 0.835. The van der Waals surface area contributed by atoms with E-state index in [-0.39, 0.29) is 18.3 Å². The van der Waals surface area contributed by atoms with Crippen molar-refractivity contribution in [1.29, 1.82) is 0 Å². The molecule has 2 aromatic heterocycles. The van der Waals surface area contributed by atoms with Gasteiger partial charge < -0.3 is 19.4 Å². The van der Waals surface area contributed by atoms with Crippen LogP contribution in [0.4, 0.5) is 5.00 Å². The van der Waals surface area contributed by atoms with Crippen molar-refractivity contribution in [2.45, 2.75) is 44.4 Å². The quantitative estimate of drug-likeness (QED) is 0.336. The van der Waals surface area contributed by atoms with E-state index in [1.54, 1.807) is 16.7 Å². The van der Waals surface area contributed by atoms with Crippen LogP contribution in [0.3, 0.4) is 0 Å². The number of ether oxygens (including phenoxy) is 2. The number of anilines is 1. The van der Waals surface area contributed by atoms with Gasteiger partial charge in [0.2, 0.25) is 5.91 Å². The summed E-state index contributed by atoms with van der Waals surface area (Å²) in [5, 5.41) is 13.1. The smallest absolute Gasteiger partial charge is 0.341 e. The number of thiophene rings is 1. The number of carbonyl (C=O) groups excluding carboxylic acids is 2. The fourth-order valence-electron chi connectivity index (χ4n) is 3.72. The van der Waals surface area contributed by atoms with Crippen LogP contribution < -0.4 is 10.1 Å². The Morgan fingerprint density at radius 1 is 1.26 bits per heavy atom. The number of esters is 1. The van der Waals surface area contributed by atoms with Crippen LogP contribution in [0.15, 0.2) is 23.4 Å². The number of methoxy groups -OCH3 is 1. The van der Waals surface area contributed by atoms with E-state index in [1.807, 2.05) is 20.0 Å². The fourth-order valence-corrected chi connectivity index (χ4v) is 5.86. The van der Waals surface area contributed by atoms with Crippen molar-refractivity contribution in [3.8, 4) is 5.75 Å². The summed E-state index contributed by atoms with van der Waals surface area (Å²) in [6.45, 7) is 2.15. The summed E-state index contributed by atoms with van der Waals surface area (Å²) >= 11 is 8.79. The van der Waals surface area contributed by atoms with E-state index < -0.39 is 5.97 Å². The second-order valence-corrected chi connectivity index (χ2v) is 10.4. The first-order chi connectivity index (χ1) is 16.4. The molecular formula is C23H25ClN4O4S2. The molecule has 1 aromatic carbocycles. The molecule has 0 atom stereocenters. The van der Waals surface area contributed by atoms with Gasteiger partial charge in [-0.15, -0.1) is 21.5 Å². The van der Waals surface area contributed by atoms with Crippen LogP contribution in [0, 0.1) is 6.92 Å². The van der Waals surface area contributed by atoms with Gasteiger partial charge in [-0.2, -0.15) is 0 Å². The van der Waals surface area contributed by atoms with Gasteiger partial charge in [0.1, 0.15) is 17.4 Å². The van der Waals surface area contributed by atoms with E-state index in [0.717, 1.165) is 41.7 Å². The standard InChI is InChI=1S/C23H25ClN4O4S2/c1-13-10-14(8-9-16(13)24)32-11-18-26-27-23(28(18)2)33-12-19(29)25-21-20(22(30)31-3)15-6-4-5-7-17(15)34-21/h8-10H,4-7,11-12H2,1-3H3,(H,25,29). The van der Waals surface area contributed by atoms with Crippen LogP contribution in [0.5, 0.6) is 5.75 Å². The molecule has 3 aromatic rings. The van der Waals surface area contributed by atoms with Crippen LogP contribution in [0.1, 0.15) is 45.0 Å². The molecule has 0 spiro atoms. The van der Waals surface area contributed by atoms with E-state index in [2.05, 4.69) is 15.5 Å². The molecule has 0 fully saturated rings. The maximum Gasteiger partial charge on any atom is 0.341 e. The molecule has 0 radical (unpaired) electrons. The Kier molecular flexibility index (Phi) is 7.80. The van der Waals surface area contributed by atoms with Gasteiger partial charge in [0.25, 0.3) is 0 Å². The van der Waals surface area contributed by atoms with Crippen molar-refractivity contribution in [3.63, 3.8) is 0 Å². The number of nitrogens with zero attached hydrogens (tertiary/aromatic N) is 3. The van der Waals surface area contributed by atoms with Crippen LogP contribution >= 0.6 is 34.7 Å². The number of nitrogens with one attached hydrogen (secondary N) is 1. The molecule has 4 rings (SSSR count). The SMILES string of the molecule is COC(=O)c1c(NC(=O)CSc2nnc(COc3ccc(Cl)c(C)c3)n2C)sc2c1CCCC2. The second-order valence-electron chi connectivity index (χ2n) is 7.90. The Balaban J connectivity index is 1.37. The van der Waals surface area contributed by atoms with E-state index in [9.17, 15) is 9.59 Å². The number of fused-ring (bicyclic) bond motifs is 1. The molecule has 11 heteroatoms.